The van der Waals surface area contributed by atoms with E-state index < -0.39 is 11.9 Å². The van der Waals surface area contributed by atoms with Gasteiger partial charge in [-0.25, -0.2) is 0 Å². The van der Waals surface area contributed by atoms with E-state index >= 15 is 0 Å². The summed E-state index contributed by atoms with van der Waals surface area (Å²) >= 11 is 6.35. The van der Waals surface area contributed by atoms with Gasteiger partial charge >= 0.3 is 5.97 Å². The number of halogens is 1. The van der Waals surface area contributed by atoms with Gasteiger partial charge in [0.25, 0.3) is 0 Å². The van der Waals surface area contributed by atoms with Gasteiger partial charge in [-0.1, -0.05) is 43.0 Å². The number of carbonyl (C=O) groups excluding carboxylic acids is 1. The Labute approximate surface area is 224 Å². The highest BCUT2D eigenvalue weighted by atomic mass is 35.5. The third-order valence-electron chi connectivity index (χ3n) is 8.49. The number of carbonyl (C=O) groups is 2. The minimum atomic E-state index is -0.971. The van der Waals surface area contributed by atoms with Crippen molar-refractivity contribution in [1.82, 2.24) is 4.90 Å². The molecule has 1 aliphatic carbocycles. The molecule has 3 aliphatic rings. The zero-order valence-corrected chi connectivity index (χ0v) is 22.4. The van der Waals surface area contributed by atoms with E-state index in [0.717, 1.165) is 80.9 Å². The molecule has 2 unspecified atom stereocenters. The van der Waals surface area contributed by atoms with Crippen LogP contribution in [0.15, 0.2) is 36.4 Å². The molecule has 37 heavy (non-hydrogen) atoms. The number of benzene rings is 2. The quantitative estimate of drug-likeness (QED) is 0.511. The monoisotopic (exact) mass is 524 g/mol. The lowest BCUT2D eigenvalue weighted by atomic mass is 9.70. The van der Waals surface area contributed by atoms with Crippen LogP contribution < -0.4 is 9.64 Å². The second-order valence-corrected chi connectivity index (χ2v) is 11.5. The molecule has 2 aromatic rings. The summed E-state index contributed by atoms with van der Waals surface area (Å²) in [6.45, 7) is 2.95. The van der Waals surface area contributed by atoms with Gasteiger partial charge in [0.2, 0.25) is 5.91 Å². The number of carboxylic acids is 1. The summed E-state index contributed by atoms with van der Waals surface area (Å²) in [5.74, 6) is -1.19. The van der Waals surface area contributed by atoms with Crippen molar-refractivity contribution in [2.45, 2.75) is 69.1 Å². The predicted molar refractivity (Wildman–Crippen MR) is 146 cm³/mol. The van der Waals surface area contributed by atoms with Crippen molar-refractivity contribution in [3.63, 3.8) is 0 Å². The molecule has 1 spiro atoms. The number of anilines is 1. The summed E-state index contributed by atoms with van der Waals surface area (Å²) in [7, 11) is 1.78. The maximum absolute atomic E-state index is 12.9. The molecular formula is C30H37ClN2O4. The van der Waals surface area contributed by atoms with Gasteiger partial charge in [0, 0.05) is 43.5 Å². The van der Waals surface area contributed by atoms with E-state index in [1.807, 2.05) is 24.3 Å². The topological polar surface area (TPSA) is 70.1 Å². The fraction of sp³-hybridized carbons (Fsp3) is 0.533. The fourth-order valence-electron chi connectivity index (χ4n) is 6.37. The van der Waals surface area contributed by atoms with Crippen LogP contribution in [-0.4, -0.2) is 55.2 Å². The molecule has 7 heteroatoms. The van der Waals surface area contributed by atoms with E-state index in [9.17, 15) is 14.7 Å². The Morgan fingerprint density at radius 2 is 1.84 bits per heavy atom. The molecule has 0 saturated carbocycles. The number of fused-ring (bicyclic) bond motifs is 3. The Balaban J connectivity index is 1.54. The third-order valence-corrected chi connectivity index (χ3v) is 8.72. The second-order valence-electron chi connectivity index (χ2n) is 11.1. The van der Waals surface area contributed by atoms with Crippen molar-refractivity contribution in [2.75, 3.05) is 38.2 Å². The lowest BCUT2D eigenvalue weighted by molar-refractivity contribution is -0.142. The van der Waals surface area contributed by atoms with E-state index in [-0.39, 0.29) is 17.7 Å². The van der Waals surface area contributed by atoms with E-state index in [1.165, 1.54) is 11.1 Å². The number of rotatable bonds is 1. The van der Waals surface area contributed by atoms with Crippen LogP contribution in [0.25, 0.3) is 0 Å². The average Bonchev–Trinajstić information content (AvgIpc) is 3.03. The summed E-state index contributed by atoms with van der Waals surface area (Å²) in [5.41, 5.74) is 4.08. The molecule has 1 N–H and O–H groups in total. The molecule has 2 aromatic carbocycles. The maximum Gasteiger partial charge on any atom is 0.311 e. The van der Waals surface area contributed by atoms with Crippen LogP contribution >= 0.6 is 11.6 Å². The van der Waals surface area contributed by atoms with E-state index in [0.29, 0.717) is 18.7 Å². The Morgan fingerprint density at radius 1 is 1.05 bits per heavy atom. The zero-order chi connectivity index (χ0) is 26.0. The summed E-state index contributed by atoms with van der Waals surface area (Å²) < 4.78 is 6.51. The van der Waals surface area contributed by atoms with E-state index in [1.54, 1.807) is 11.9 Å². The molecule has 0 aromatic heterocycles. The van der Waals surface area contributed by atoms with Crippen LogP contribution in [0.1, 0.15) is 74.0 Å². The van der Waals surface area contributed by atoms with Crippen LogP contribution in [0.3, 0.4) is 0 Å². The molecule has 2 heterocycles. The Hall–Kier alpha value is -2.73. The molecule has 0 saturated heterocycles. The largest absolute Gasteiger partial charge is 0.490 e. The highest BCUT2D eigenvalue weighted by Crippen LogP contribution is 2.45. The molecule has 6 nitrogen and oxygen atoms in total. The highest BCUT2D eigenvalue weighted by molar-refractivity contribution is 6.30. The van der Waals surface area contributed by atoms with Crippen LogP contribution in [-0.2, 0) is 21.4 Å². The average molecular weight is 525 g/mol. The first kappa shape index (κ1) is 25.9. The molecule has 1 amide bonds. The summed E-state index contributed by atoms with van der Waals surface area (Å²) in [6, 6.07) is 12.0. The first-order chi connectivity index (χ1) is 17.9. The number of aryl methyl sites for hydroxylation is 1. The second kappa shape index (κ2) is 10.9. The lowest BCUT2D eigenvalue weighted by Gasteiger charge is -2.41. The first-order valence-electron chi connectivity index (χ1n) is 13.6. The van der Waals surface area contributed by atoms with E-state index in [2.05, 4.69) is 17.0 Å². The van der Waals surface area contributed by atoms with Gasteiger partial charge in [-0.05, 0) is 73.1 Å². The molecule has 2 bridgehead atoms. The standard InChI is InChI=1S/C30H37ClN2O4/c1-32-14-5-3-2-4-6-15-33-19-30(13-7-8-22-16-23(31)10-11-25(22)30)20-37-27-12-9-21(17-26(27)33)24(29(35)36)18-28(32)34/h9-12,16-17,24H,2-8,13-15,18-20H2,1H3,(H,35,36). The first-order valence-corrected chi connectivity index (χ1v) is 14.0. The highest BCUT2D eigenvalue weighted by Gasteiger charge is 2.42. The van der Waals surface area contributed by atoms with Crippen molar-refractivity contribution in [3.05, 3.63) is 58.1 Å². The van der Waals surface area contributed by atoms with Gasteiger partial charge in [0.05, 0.1) is 18.2 Å². The van der Waals surface area contributed by atoms with Crippen molar-refractivity contribution in [3.8, 4) is 5.75 Å². The van der Waals surface area contributed by atoms with E-state index in [4.69, 9.17) is 16.3 Å². The van der Waals surface area contributed by atoms with Crippen LogP contribution in [0.2, 0.25) is 5.02 Å². The minimum absolute atomic E-state index is 0.0381. The van der Waals surface area contributed by atoms with Gasteiger partial charge in [0.15, 0.2) is 0 Å². The molecule has 2 aliphatic heterocycles. The van der Waals surface area contributed by atoms with Gasteiger partial charge < -0.3 is 19.6 Å². The normalized spacial score (nSPS) is 24.9. The molecular weight excluding hydrogens is 488 g/mol. The van der Waals surface area contributed by atoms with Crippen molar-refractivity contribution in [2.24, 2.45) is 0 Å². The molecule has 5 rings (SSSR count). The number of ether oxygens (including phenoxy) is 1. The van der Waals surface area contributed by atoms with Crippen LogP contribution in [0.5, 0.6) is 5.75 Å². The van der Waals surface area contributed by atoms with Gasteiger partial charge in [-0.2, -0.15) is 0 Å². The number of aliphatic carboxylic acids is 1. The fourth-order valence-corrected chi connectivity index (χ4v) is 6.56. The zero-order valence-electron chi connectivity index (χ0n) is 21.7. The van der Waals surface area contributed by atoms with Crippen molar-refractivity contribution >= 4 is 29.2 Å². The lowest BCUT2D eigenvalue weighted by Crippen LogP contribution is -2.46. The SMILES string of the molecule is CN1CCCCCCCN2CC3(CCCc4cc(Cl)ccc43)COc3ccc(cc32)C(C(=O)O)CC1=O. The van der Waals surface area contributed by atoms with Crippen LogP contribution in [0, 0.1) is 0 Å². The van der Waals surface area contributed by atoms with Crippen LogP contribution in [0.4, 0.5) is 5.69 Å². The number of hydrogen-bond donors (Lipinski definition) is 1. The Morgan fingerprint density at radius 3 is 2.65 bits per heavy atom. The third kappa shape index (κ3) is 5.45. The number of amides is 1. The number of nitrogens with zero attached hydrogens (tertiary/aromatic N) is 2. The number of hydrogen-bond acceptors (Lipinski definition) is 4. The summed E-state index contributed by atoms with van der Waals surface area (Å²) in [4.78, 5) is 29.3. The number of carboxylic acid groups (broad SMARTS) is 1. The predicted octanol–water partition coefficient (Wildman–Crippen LogP) is 5.79. The molecule has 0 fully saturated rings. The Kier molecular flexibility index (Phi) is 7.66. The minimum Gasteiger partial charge on any atom is -0.490 e. The molecule has 198 valence electrons. The molecule has 0 radical (unpaired) electrons. The van der Waals surface area contributed by atoms with Gasteiger partial charge in [-0.3, -0.25) is 9.59 Å². The Bertz CT molecular complexity index is 1170. The summed E-state index contributed by atoms with van der Waals surface area (Å²) in [5, 5.41) is 10.8. The van der Waals surface area contributed by atoms with Gasteiger partial charge in [-0.15, -0.1) is 0 Å². The summed E-state index contributed by atoms with van der Waals surface area (Å²) in [6.07, 6.45) is 8.44. The smallest absolute Gasteiger partial charge is 0.311 e. The maximum atomic E-state index is 12.9. The van der Waals surface area contributed by atoms with Gasteiger partial charge in [0.1, 0.15) is 5.75 Å². The molecule has 2 atom stereocenters. The van der Waals surface area contributed by atoms with Crippen molar-refractivity contribution in [1.29, 1.82) is 0 Å². The van der Waals surface area contributed by atoms with Crippen molar-refractivity contribution < 1.29 is 19.4 Å².